The summed E-state index contributed by atoms with van der Waals surface area (Å²) in [5.74, 6) is -0.0704. The summed E-state index contributed by atoms with van der Waals surface area (Å²) in [6.07, 6.45) is 0. The molecule has 16 heavy (non-hydrogen) atoms. The molecule has 0 unspecified atom stereocenters. The lowest BCUT2D eigenvalue weighted by Gasteiger charge is -1.98. The van der Waals surface area contributed by atoms with Crippen molar-refractivity contribution in [3.05, 3.63) is 35.0 Å². The number of nitrogen functional groups attached to an aromatic ring is 1. The Balaban J connectivity index is 2.59. The molecule has 2 N–H and O–H groups in total. The average Bonchev–Trinajstić information content (AvgIpc) is 2.60. The van der Waals surface area contributed by atoms with E-state index in [1.807, 2.05) is 0 Å². The Hall–Kier alpha value is -1.81. The van der Waals surface area contributed by atoms with Crippen LogP contribution in [-0.2, 0) is 0 Å². The summed E-state index contributed by atoms with van der Waals surface area (Å²) in [4.78, 5) is 15.3. The summed E-state index contributed by atoms with van der Waals surface area (Å²) in [6, 6.07) is 6.97. The average molecular weight is 237 g/mol. The minimum atomic E-state index is -0.223. The first-order valence-corrected chi connectivity index (χ1v) is 4.99. The number of nitrogens with zero attached hydrogens (tertiary/aromatic N) is 1. The van der Waals surface area contributed by atoms with Gasteiger partial charge in [-0.25, -0.2) is 0 Å². The second-order valence-electron chi connectivity index (χ2n) is 3.30. The molecular formula is C11H9ClN2O2. The van der Waals surface area contributed by atoms with Gasteiger partial charge >= 0.3 is 0 Å². The maximum Gasteiger partial charge on any atom is 0.293 e. The van der Waals surface area contributed by atoms with Gasteiger partial charge in [0.1, 0.15) is 5.69 Å². The number of hydrogen-bond donors (Lipinski definition) is 1. The molecule has 1 heterocycles. The molecule has 1 aromatic heterocycles. The quantitative estimate of drug-likeness (QED) is 0.814. The highest BCUT2D eigenvalue weighted by Crippen LogP contribution is 2.27. The van der Waals surface area contributed by atoms with Crippen molar-refractivity contribution >= 4 is 23.4 Å². The lowest BCUT2D eigenvalue weighted by molar-refractivity contribution is 0.0989. The molecule has 0 fully saturated rings. The van der Waals surface area contributed by atoms with Crippen LogP contribution >= 0.6 is 11.6 Å². The number of halogens is 1. The predicted molar refractivity (Wildman–Crippen MR) is 61.4 cm³/mol. The van der Waals surface area contributed by atoms with Crippen molar-refractivity contribution in [3.63, 3.8) is 0 Å². The highest BCUT2D eigenvalue weighted by atomic mass is 35.5. The number of rotatable bonds is 2. The zero-order valence-electron chi connectivity index (χ0n) is 8.53. The van der Waals surface area contributed by atoms with Gasteiger partial charge in [-0.3, -0.25) is 4.79 Å². The van der Waals surface area contributed by atoms with E-state index in [1.54, 1.807) is 24.3 Å². The van der Waals surface area contributed by atoms with Gasteiger partial charge < -0.3 is 10.2 Å². The summed E-state index contributed by atoms with van der Waals surface area (Å²) >= 11 is 5.86. The Morgan fingerprint density at radius 2 is 2.25 bits per heavy atom. The first-order valence-electron chi connectivity index (χ1n) is 4.61. The molecule has 0 saturated heterocycles. The van der Waals surface area contributed by atoms with Gasteiger partial charge in [-0.1, -0.05) is 23.7 Å². The Labute approximate surface area is 97.0 Å². The molecule has 2 aromatic rings. The number of nitrogens with two attached hydrogens (primary N) is 1. The van der Waals surface area contributed by atoms with Gasteiger partial charge in [0, 0.05) is 17.5 Å². The summed E-state index contributed by atoms with van der Waals surface area (Å²) in [7, 11) is 0. The maximum absolute atomic E-state index is 11.3. The third-order valence-corrected chi connectivity index (χ3v) is 2.30. The van der Waals surface area contributed by atoms with Crippen LogP contribution in [0.25, 0.3) is 11.3 Å². The number of hydrogen-bond acceptors (Lipinski definition) is 4. The lowest BCUT2D eigenvalue weighted by Crippen LogP contribution is -1.92. The van der Waals surface area contributed by atoms with Crippen molar-refractivity contribution in [1.82, 2.24) is 4.98 Å². The Kier molecular flexibility index (Phi) is 2.66. The van der Waals surface area contributed by atoms with Crippen LogP contribution in [0.3, 0.4) is 0 Å². The van der Waals surface area contributed by atoms with Crippen molar-refractivity contribution in [1.29, 1.82) is 0 Å². The van der Waals surface area contributed by atoms with Crippen LogP contribution in [0.1, 0.15) is 17.5 Å². The number of ketones is 1. The fourth-order valence-corrected chi connectivity index (χ4v) is 1.60. The Morgan fingerprint density at radius 1 is 1.50 bits per heavy atom. The summed E-state index contributed by atoms with van der Waals surface area (Å²) < 4.78 is 5.04. The van der Waals surface area contributed by atoms with Crippen molar-refractivity contribution < 1.29 is 9.21 Å². The smallest absolute Gasteiger partial charge is 0.293 e. The normalized spacial score (nSPS) is 10.4. The third kappa shape index (κ3) is 1.92. The van der Waals surface area contributed by atoms with E-state index in [9.17, 15) is 4.79 Å². The lowest BCUT2D eigenvalue weighted by atomic mass is 10.1. The second-order valence-corrected chi connectivity index (χ2v) is 3.73. The molecule has 0 aliphatic rings. The SMILES string of the molecule is CC(=O)c1oc(N)nc1-c1cccc(Cl)c1. The number of anilines is 1. The van der Waals surface area contributed by atoms with Gasteiger partial charge in [0.05, 0.1) is 0 Å². The van der Waals surface area contributed by atoms with Crippen LogP contribution in [0, 0.1) is 0 Å². The molecule has 0 aliphatic heterocycles. The summed E-state index contributed by atoms with van der Waals surface area (Å²) in [6.45, 7) is 1.40. The molecule has 0 spiro atoms. The van der Waals surface area contributed by atoms with E-state index in [1.165, 1.54) is 6.92 Å². The number of carbonyl (C=O) groups excluding carboxylic acids is 1. The van der Waals surface area contributed by atoms with Crippen LogP contribution in [-0.4, -0.2) is 10.8 Å². The zero-order valence-corrected chi connectivity index (χ0v) is 9.28. The molecular weight excluding hydrogens is 228 g/mol. The first-order chi connectivity index (χ1) is 7.58. The molecule has 0 bridgehead atoms. The van der Waals surface area contributed by atoms with Crippen molar-refractivity contribution in [2.45, 2.75) is 6.92 Å². The van der Waals surface area contributed by atoms with Crippen LogP contribution in [0.2, 0.25) is 5.02 Å². The molecule has 4 nitrogen and oxygen atoms in total. The molecule has 5 heteroatoms. The highest BCUT2D eigenvalue weighted by molar-refractivity contribution is 6.30. The van der Waals surface area contributed by atoms with Gasteiger partial charge in [-0.2, -0.15) is 4.98 Å². The number of Topliss-reactive ketones (excluding diaryl/α,β-unsaturated/α-hetero) is 1. The third-order valence-electron chi connectivity index (χ3n) is 2.06. The van der Waals surface area contributed by atoms with Crippen LogP contribution < -0.4 is 5.73 Å². The highest BCUT2D eigenvalue weighted by Gasteiger charge is 2.17. The number of benzene rings is 1. The molecule has 0 atom stereocenters. The Morgan fingerprint density at radius 3 is 2.88 bits per heavy atom. The molecule has 0 amide bonds. The van der Waals surface area contributed by atoms with Crippen molar-refractivity contribution in [3.8, 4) is 11.3 Å². The van der Waals surface area contributed by atoms with Gasteiger partial charge in [0.2, 0.25) is 0 Å². The van der Waals surface area contributed by atoms with E-state index in [4.69, 9.17) is 21.8 Å². The molecule has 0 saturated carbocycles. The molecule has 0 aliphatic carbocycles. The maximum atomic E-state index is 11.3. The fourth-order valence-electron chi connectivity index (χ4n) is 1.41. The van der Waals surface area contributed by atoms with Crippen molar-refractivity contribution in [2.75, 3.05) is 5.73 Å². The number of carbonyl (C=O) groups is 1. The number of aromatic nitrogens is 1. The van der Waals surface area contributed by atoms with E-state index in [-0.39, 0.29) is 17.6 Å². The summed E-state index contributed by atoms with van der Waals surface area (Å²) in [5.41, 5.74) is 6.56. The van der Waals surface area contributed by atoms with Gasteiger partial charge in [0.15, 0.2) is 11.5 Å². The minimum Gasteiger partial charge on any atom is -0.420 e. The topological polar surface area (TPSA) is 69.1 Å². The van der Waals surface area contributed by atoms with Crippen LogP contribution in [0.4, 0.5) is 6.01 Å². The van der Waals surface area contributed by atoms with E-state index in [2.05, 4.69) is 4.98 Å². The van der Waals surface area contributed by atoms with E-state index < -0.39 is 0 Å². The molecule has 1 aromatic carbocycles. The molecule has 82 valence electrons. The summed E-state index contributed by atoms with van der Waals surface area (Å²) in [5, 5.41) is 0.563. The molecule has 2 rings (SSSR count). The predicted octanol–water partition coefficient (Wildman–Crippen LogP) is 2.78. The van der Waals surface area contributed by atoms with E-state index >= 15 is 0 Å². The van der Waals surface area contributed by atoms with Gasteiger partial charge in [-0.05, 0) is 12.1 Å². The van der Waals surface area contributed by atoms with Crippen LogP contribution in [0.15, 0.2) is 28.7 Å². The minimum absolute atomic E-state index is 0.0276. The monoisotopic (exact) mass is 236 g/mol. The first kappa shape index (κ1) is 10.7. The Bertz CT molecular complexity index is 549. The van der Waals surface area contributed by atoms with Crippen LogP contribution in [0.5, 0.6) is 0 Å². The second kappa shape index (κ2) is 3.98. The molecule has 0 radical (unpaired) electrons. The van der Waals surface area contributed by atoms with Crippen molar-refractivity contribution in [2.24, 2.45) is 0 Å². The zero-order chi connectivity index (χ0) is 11.7. The van der Waals surface area contributed by atoms with E-state index in [0.717, 1.165) is 0 Å². The van der Waals surface area contributed by atoms with Gasteiger partial charge in [0.25, 0.3) is 6.01 Å². The standard InChI is InChI=1S/C11H9ClN2O2/c1-6(15)10-9(14-11(13)16-10)7-3-2-4-8(12)5-7/h2-5H,1H3,(H2,13,14). The van der Waals surface area contributed by atoms with Gasteiger partial charge in [-0.15, -0.1) is 0 Å². The fraction of sp³-hybridized carbons (Fsp3) is 0.0909. The number of oxazole rings is 1. The largest absolute Gasteiger partial charge is 0.420 e. The van der Waals surface area contributed by atoms with E-state index in [0.29, 0.717) is 16.3 Å².